The van der Waals surface area contributed by atoms with Crippen molar-refractivity contribution in [3.63, 3.8) is 0 Å². The minimum Gasteiger partial charge on any atom is -0.330 e. The molecule has 0 atom stereocenters. The third kappa shape index (κ3) is 5.50. The second-order valence-electron chi connectivity index (χ2n) is 7.99. The molecule has 3 N–H and O–H groups in total. The Morgan fingerprint density at radius 1 is 1.38 bits per heavy atom. The lowest BCUT2D eigenvalue weighted by atomic mass is 9.81. The van der Waals surface area contributed by atoms with Gasteiger partial charge in [0.2, 0.25) is 0 Å². The van der Waals surface area contributed by atoms with Crippen LogP contribution in [0.5, 0.6) is 0 Å². The van der Waals surface area contributed by atoms with E-state index in [-0.39, 0.29) is 11.4 Å². The molecule has 0 spiro atoms. The SMILES string of the molecule is C/C=C(\C=NC)c1cnc(C)c(N=C(C)NC(=O)N2CCC(C)(CN)CC2)c1C. The second-order valence-corrected chi connectivity index (χ2v) is 7.99. The number of nitrogens with one attached hydrogen (secondary N) is 1. The first-order valence-corrected chi connectivity index (χ1v) is 10.1. The number of aromatic nitrogens is 1. The Hall–Kier alpha value is -2.54. The molecule has 158 valence electrons. The van der Waals surface area contributed by atoms with E-state index in [1.54, 1.807) is 7.05 Å². The molecule has 0 unspecified atom stereocenters. The highest BCUT2D eigenvalue weighted by atomic mass is 16.2. The van der Waals surface area contributed by atoms with Gasteiger partial charge in [-0.3, -0.25) is 15.3 Å². The maximum atomic E-state index is 12.6. The Kier molecular flexibility index (Phi) is 7.67. The summed E-state index contributed by atoms with van der Waals surface area (Å²) in [6.07, 6.45) is 7.49. The van der Waals surface area contributed by atoms with Crippen LogP contribution in [0.3, 0.4) is 0 Å². The Balaban J connectivity index is 2.18. The van der Waals surface area contributed by atoms with E-state index in [2.05, 4.69) is 27.2 Å². The van der Waals surface area contributed by atoms with E-state index in [1.165, 1.54) is 0 Å². The summed E-state index contributed by atoms with van der Waals surface area (Å²) in [5, 5.41) is 2.92. The number of amidine groups is 1. The number of hydrogen-bond acceptors (Lipinski definition) is 5. The molecule has 2 amide bonds. The molecular formula is C22H34N6O. The van der Waals surface area contributed by atoms with Gasteiger partial charge in [0.25, 0.3) is 0 Å². The highest BCUT2D eigenvalue weighted by Gasteiger charge is 2.30. The minimum atomic E-state index is -0.114. The predicted molar refractivity (Wildman–Crippen MR) is 121 cm³/mol. The summed E-state index contributed by atoms with van der Waals surface area (Å²) in [5.74, 6) is 0.554. The molecule has 0 aliphatic carbocycles. The van der Waals surface area contributed by atoms with Crippen LogP contribution < -0.4 is 11.1 Å². The molecule has 2 heterocycles. The summed E-state index contributed by atoms with van der Waals surface area (Å²) in [5.41, 5.74) is 10.6. The molecule has 1 aliphatic heterocycles. The number of allylic oxidation sites excluding steroid dienone is 2. The Bertz CT molecular complexity index is 832. The van der Waals surface area contributed by atoms with Gasteiger partial charge in [-0.2, -0.15) is 0 Å². The number of carbonyl (C=O) groups excluding carboxylic acids is 1. The van der Waals surface area contributed by atoms with Crippen LogP contribution in [0, 0.1) is 19.3 Å². The van der Waals surface area contributed by atoms with E-state index in [4.69, 9.17) is 5.73 Å². The minimum absolute atomic E-state index is 0.114. The summed E-state index contributed by atoms with van der Waals surface area (Å²) < 4.78 is 0. The topological polar surface area (TPSA) is 96.0 Å². The molecule has 0 bridgehead atoms. The zero-order valence-corrected chi connectivity index (χ0v) is 18.5. The van der Waals surface area contributed by atoms with Gasteiger partial charge in [-0.15, -0.1) is 0 Å². The average Bonchev–Trinajstić information content (AvgIpc) is 2.70. The number of nitrogens with two attached hydrogens (primary N) is 1. The zero-order valence-electron chi connectivity index (χ0n) is 18.5. The molecule has 1 fully saturated rings. The van der Waals surface area contributed by atoms with Crippen molar-refractivity contribution in [1.29, 1.82) is 0 Å². The first kappa shape index (κ1) is 22.7. The normalized spacial score (nSPS) is 17.7. The van der Waals surface area contributed by atoms with Crippen LogP contribution in [-0.2, 0) is 0 Å². The van der Waals surface area contributed by atoms with Gasteiger partial charge in [-0.05, 0) is 63.6 Å². The quantitative estimate of drug-likeness (QED) is 0.599. The van der Waals surface area contributed by atoms with Gasteiger partial charge in [0.05, 0.1) is 11.4 Å². The molecule has 2 rings (SSSR count). The molecule has 1 aromatic rings. The number of pyridine rings is 1. The number of urea groups is 1. The van der Waals surface area contributed by atoms with E-state index in [0.717, 1.165) is 40.9 Å². The van der Waals surface area contributed by atoms with Gasteiger partial charge >= 0.3 is 6.03 Å². The standard InChI is InChI=1S/C22H34N6O/c1-7-18(12-24-6)19-13-25-16(3)20(15(19)2)26-17(4)27-21(29)28-10-8-22(5,14-23)9-11-28/h7,12-13H,8-11,14,23H2,1-6H3,(H,26,27,29)/b18-7+,24-12?. The first-order chi connectivity index (χ1) is 13.7. The number of rotatable bonds is 4. The lowest BCUT2D eigenvalue weighted by Crippen LogP contribution is -2.49. The van der Waals surface area contributed by atoms with Gasteiger partial charge in [-0.1, -0.05) is 13.0 Å². The Morgan fingerprint density at radius 3 is 2.59 bits per heavy atom. The van der Waals surface area contributed by atoms with Crippen molar-refractivity contribution in [1.82, 2.24) is 15.2 Å². The lowest BCUT2D eigenvalue weighted by molar-refractivity contribution is 0.136. The second kappa shape index (κ2) is 9.78. The summed E-state index contributed by atoms with van der Waals surface area (Å²) >= 11 is 0. The maximum Gasteiger partial charge on any atom is 0.322 e. The molecule has 0 saturated carbocycles. The van der Waals surface area contributed by atoms with Crippen molar-refractivity contribution in [3.8, 4) is 0 Å². The van der Waals surface area contributed by atoms with Crippen molar-refractivity contribution >= 4 is 29.3 Å². The fourth-order valence-electron chi connectivity index (χ4n) is 3.50. The highest BCUT2D eigenvalue weighted by molar-refractivity contribution is 6.10. The number of likely N-dealkylation sites (tertiary alicyclic amines) is 1. The van der Waals surface area contributed by atoms with Gasteiger partial charge in [0.15, 0.2) is 0 Å². The number of hydrogen-bond donors (Lipinski definition) is 2. The van der Waals surface area contributed by atoms with Crippen LogP contribution in [-0.4, -0.2) is 54.6 Å². The summed E-state index contributed by atoms with van der Waals surface area (Å²) in [4.78, 5) is 27.8. The van der Waals surface area contributed by atoms with E-state index in [1.807, 2.05) is 51.1 Å². The smallest absolute Gasteiger partial charge is 0.322 e. The number of amides is 2. The monoisotopic (exact) mass is 398 g/mol. The molecule has 1 aromatic heterocycles. The van der Waals surface area contributed by atoms with Crippen molar-refractivity contribution in [2.45, 2.75) is 47.5 Å². The lowest BCUT2D eigenvalue weighted by Gasteiger charge is -2.38. The largest absolute Gasteiger partial charge is 0.330 e. The van der Waals surface area contributed by atoms with Crippen LogP contribution in [0.15, 0.2) is 22.3 Å². The number of piperidine rings is 1. The van der Waals surface area contributed by atoms with Crippen molar-refractivity contribution in [2.75, 3.05) is 26.7 Å². The fourth-order valence-corrected chi connectivity index (χ4v) is 3.50. The molecule has 0 radical (unpaired) electrons. The highest BCUT2D eigenvalue weighted by Crippen LogP contribution is 2.30. The molecule has 7 heteroatoms. The van der Waals surface area contributed by atoms with Crippen molar-refractivity contribution in [2.24, 2.45) is 21.1 Å². The van der Waals surface area contributed by atoms with E-state index < -0.39 is 0 Å². The van der Waals surface area contributed by atoms with Gasteiger partial charge < -0.3 is 10.6 Å². The molecular weight excluding hydrogens is 364 g/mol. The van der Waals surface area contributed by atoms with Gasteiger partial charge in [0, 0.05) is 38.1 Å². The van der Waals surface area contributed by atoms with Gasteiger partial charge in [-0.25, -0.2) is 9.79 Å². The summed E-state index contributed by atoms with van der Waals surface area (Å²) in [7, 11) is 1.75. The van der Waals surface area contributed by atoms with Crippen LogP contribution in [0.25, 0.3) is 5.57 Å². The van der Waals surface area contributed by atoms with Crippen LogP contribution in [0.4, 0.5) is 10.5 Å². The Labute approximate surface area is 174 Å². The summed E-state index contributed by atoms with van der Waals surface area (Å²) in [6, 6.07) is -0.114. The zero-order chi connectivity index (χ0) is 21.6. The summed E-state index contributed by atoms with van der Waals surface area (Å²) in [6.45, 7) is 12.0. The van der Waals surface area contributed by atoms with Gasteiger partial charge in [0.1, 0.15) is 5.84 Å². The molecule has 29 heavy (non-hydrogen) atoms. The third-order valence-electron chi connectivity index (χ3n) is 5.70. The number of aryl methyl sites for hydroxylation is 1. The number of aliphatic imine (C=N–C) groups is 2. The first-order valence-electron chi connectivity index (χ1n) is 10.1. The van der Waals surface area contributed by atoms with E-state index >= 15 is 0 Å². The number of nitrogens with zero attached hydrogens (tertiary/aromatic N) is 4. The van der Waals surface area contributed by atoms with Crippen LogP contribution >= 0.6 is 0 Å². The molecule has 1 saturated heterocycles. The van der Waals surface area contributed by atoms with Crippen molar-refractivity contribution in [3.05, 3.63) is 29.1 Å². The third-order valence-corrected chi connectivity index (χ3v) is 5.70. The average molecular weight is 399 g/mol. The molecule has 0 aromatic carbocycles. The van der Waals surface area contributed by atoms with Crippen LogP contribution in [0.2, 0.25) is 0 Å². The van der Waals surface area contributed by atoms with E-state index in [9.17, 15) is 4.79 Å². The fraction of sp³-hybridized carbons (Fsp3) is 0.545. The Morgan fingerprint density at radius 2 is 2.03 bits per heavy atom. The predicted octanol–water partition coefficient (Wildman–Crippen LogP) is 3.62. The van der Waals surface area contributed by atoms with Crippen LogP contribution in [0.1, 0.15) is 50.4 Å². The van der Waals surface area contributed by atoms with Crippen molar-refractivity contribution < 1.29 is 4.79 Å². The van der Waals surface area contributed by atoms with E-state index in [0.29, 0.717) is 25.5 Å². The number of carbonyl (C=O) groups is 1. The maximum absolute atomic E-state index is 12.6. The molecule has 1 aliphatic rings. The molecule has 7 nitrogen and oxygen atoms in total.